The van der Waals surface area contributed by atoms with Gasteiger partial charge < -0.3 is 15.7 Å². The van der Waals surface area contributed by atoms with E-state index in [-0.39, 0.29) is 36.2 Å². The van der Waals surface area contributed by atoms with Crippen LogP contribution in [0.4, 0.5) is 5.69 Å². The van der Waals surface area contributed by atoms with Crippen LogP contribution in [0, 0.1) is 16.0 Å². The van der Waals surface area contributed by atoms with Gasteiger partial charge in [-0.3, -0.25) is 24.5 Å². The topological polar surface area (TPSA) is 139 Å². The number of amides is 2. The number of nitro groups is 1. The Morgan fingerprint density at radius 2 is 1.88 bits per heavy atom. The van der Waals surface area contributed by atoms with Crippen LogP contribution in [-0.4, -0.2) is 40.4 Å². The molecule has 0 heterocycles. The molecule has 0 saturated heterocycles. The van der Waals surface area contributed by atoms with Crippen molar-refractivity contribution in [1.82, 2.24) is 10.6 Å². The molecular formula is C16H19N3O6. The second-order valence-corrected chi connectivity index (χ2v) is 5.86. The van der Waals surface area contributed by atoms with Gasteiger partial charge in [0, 0.05) is 36.7 Å². The first kappa shape index (κ1) is 18.4. The number of aliphatic carboxylic acids is 1. The Kier molecular flexibility index (Phi) is 6.04. The zero-order valence-corrected chi connectivity index (χ0v) is 13.4. The van der Waals surface area contributed by atoms with Crippen LogP contribution in [-0.2, 0) is 9.59 Å². The molecular weight excluding hydrogens is 330 g/mol. The first-order chi connectivity index (χ1) is 11.9. The van der Waals surface area contributed by atoms with Crippen molar-refractivity contribution in [2.75, 3.05) is 6.54 Å². The number of nitrogens with one attached hydrogen (secondary N) is 2. The van der Waals surface area contributed by atoms with E-state index >= 15 is 0 Å². The molecule has 1 saturated carbocycles. The summed E-state index contributed by atoms with van der Waals surface area (Å²) in [4.78, 5) is 44.9. The summed E-state index contributed by atoms with van der Waals surface area (Å²) >= 11 is 0. The van der Waals surface area contributed by atoms with E-state index in [0.717, 1.165) is 6.42 Å². The highest BCUT2D eigenvalue weighted by atomic mass is 16.6. The Hall–Kier alpha value is -2.97. The first-order valence-corrected chi connectivity index (χ1v) is 7.93. The summed E-state index contributed by atoms with van der Waals surface area (Å²) in [5, 5.41) is 24.9. The fourth-order valence-corrected chi connectivity index (χ4v) is 2.83. The Morgan fingerprint density at radius 3 is 2.48 bits per heavy atom. The van der Waals surface area contributed by atoms with Gasteiger partial charge in [0.2, 0.25) is 5.91 Å². The molecule has 2 atom stereocenters. The molecule has 9 nitrogen and oxygen atoms in total. The first-order valence-electron chi connectivity index (χ1n) is 7.93. The summed E-state index contributed by atoms with van der Waals surface area (Å²) < 4.78 is 0. The summed E-state index contributed by atoms with van der Waals surface area (Å²) in [5.74, 6) is -2.22. The smallest absolute Gasteiger partial charge is 0.308 e. The number of non-ortho nitro benzene ring substituents is 1. The van der Waals surface area contributed by atoms with Gasteiger partial charge in [-0.15, -0.1) is 0 Å². The van der Waals surface area contributed by atoms with Crippen LogP contribution in [0.5, 0.6) is 0 Å². The number of hydrogen-bond donors (Lipinski definition) is 3. The van der Waals surface area contributed by atoms with Crippen molar-refractivity contribution >= 4 is 23.5 Å². The molecule has 3 N–H and O–H groups in total. The van der Waals surface area contributed by atoms with E-state index in [1.54, 1.807) is 0 Å². The minimum atomic E-state index is -0.908. The number of nitrogens with zero attached hydrogens (tertiary/aromatic N) is 1. The molecule has 1 aromatic carbocycles. The van der Waals surface area contributed by atoms with Crippen molar-refractivity contribution in [2.45, 2.75) is 31.7 Å². The molecule has 134 valence electrons. The van der Waals surface area contributed by atoms with Crippen LogP contribution in [0.25, 0.3) is 0 Å². The third-order valence-corrected chi connectivity index (χ3v) is 4.16. The molecule has 0 unspecified atom stereocenters. The lowest BCUT2D eigenvalue weighted by atomic mass is 10.0. The standard InChI is InChI=1S/C16H19N3O6/c20-14(18-13-3-1-2-12(13)16(22)23)8-9-17-15(21)10-4-6-11(7-5-10)19(24)25/h4-7,12-13H,1-3,8-9H2,(H,17,21)(H,18,20)(H,22,23)/t12-,13+/m1/s1. The average Bonchev–Trinajstić information content (AvgIpc) is 3.03. The van der Waals surface area contributed by atoms with E-state index < -0.39 is 22.7 Å². The van der Waals surface area contributed by atoms with E-state index in [2.05, 4.69) is 10.6 Å². The molecule has 9 heteroatoms. The SMILES string of the molecule is O=C(CCNC(=O)c1ccc([N+](=O)[O-])cc1)N[C@H]1CCC[C@H]1C(=O)O. The molecule has 0 aliphatic heterocycles. The zero-order valence-electron chi connectivity index (χ0n) is 13.4. The Morgan fingerprint density at radius 1 is 1.20 bits per heavy atom. The maximum Gasteiger partial charge on any atom is 0.308 e. The van der Waals surface area contributed by atoms with Gasteiger partial charge in [0.15, 0.2) is 0 Å². The van der Waals surface area contributed by atoms with Crippen molar-refractivity contribution in [2.24, 2.45) is 5.92 Å². The van der Waals surface area contributed by atoms with Crippen LogP contribution < -0.4 is 10.6 Å². The number of carboxylic acid groups (broad SMARTS) is 1. The lowest BCUT2D eigenvalue weighted by Crippen LogP contribution is -2.41. The highest BCUT2D eigenvalue weighted by Gasteiger charge is 2.33. The summed E-state index contributed by atoms with van der Waals surface area (Å²) in [6.45, 7) is 0.0894. The van der Waals surface area contributed by atoms with Crippen molar-refractivity contribution in [3.63, 3.8) is 0 Å². The molecule has 1 aliphatic rings. The van der Waals surface area contributed by atoms with E-state index in [1.807, 2.05) is 0 Å². The van der Waals surface area contributed by atoms with E-state index in [1.165, 1.54) is 24.3 Å². The maximum absolute atomic E-state index is 11.9. The van der Waals surface area contributed by atoms with Gasteiger partial charge in [-0.2, -0.15) is 0 Å². The highest BCUT2D eigenvalue weighted by Crippen LogP contribution is 2.25. The number of benzene rings is 1. The molecule has 0 aromatic heterocycles. The lowest BCUT2D eigenvalue weighted by molar-refractivity contribution is -0.384. The third-order valence-electron chi connectivity index (χ3n) is 4.16. The fourth-order valence-electron chi connectivity index (χ4n) is 2.83. The number of nitro benzene ring substituents is 1. The van der Waals surface area contributed by atoms with Gasteiger partial charge >= 0.3 is 5.97 Å². The largest absolute Gasteiger partial charge is 0.481 e. The molecule has 0 bridgehead atoms. The minimum absolute atomic E-state index is 0.0293. The van der Waals surface area contributed by atoms with Crippen LogP contribution in [0.1, 0.15) is 36.0 Å². The van der Waals surface area contributed by atoms with Crippen LogP contribution in [0.15, 0.2) is 24.3 Å². The number of hydrogen-bond acceptors (Lipinski definition) is 5. The average molecular weight is 349 g/mol. The summed E-state index contributed by atoms with van der Waals surface area (Å²) in [6, 6.07) is 4.77. The van der Waals surface area contributed by atoms with Gasteiger partial charge in [-0.25, -0.2) is 0 Å². The van der Waals surface area contributed by atoms with Gasteiger partial charge in [-0.1, -0.05) is 6.42 Å². The summed E-state index contributed by atoms with van der Waals surface area (Å²) in [7, 11) is 0. The van der Waals surface area contributed by atoms with Gasteiger partial charge in [-0.05, 0) is 25.0 Å². The van der Waals surface area contributed by atoms with Crippen molar-refractivity contribution in [3.05, 3.63) is 39.9 Å². The highest BCUT2D eigenvalue weighted by molar-refractivity contribution is 5.94. The van der Waals surface area contributed by atoms with Crippen molar-refractivity contribution < 1.29 is 24.4 Å². The fraction of sp³-hybridized carbons (Fsp3) is 0.438. The van der Waals surface area contributed by atoms with Crippen molar-refractivity contribution in [3.8, 4) is 0 Å². The predicted molar refractivity (Wildman–Crippen MR) is 87.0 cm³/mol. The Labute approximate surface area is 143 Å². The van der Waals surface area contributed by atoms with Crippen LogP contribution >= 0.6 is 0 Å². The predicted octanol–water partition coefficient (Wildman–Crippen LogP) is 1.08. The number of rotatable bonds is 7. The minimum Gasteiger partial charge on any atom is -0.481 e. The second-order valence-electron chi connectivity index (χ2n) is 5.86. The second kappa shape index (κ2) is 8.22. The number of carbonyl (C=O) groups is 3. The van der Waals surface area contributed by atoms with E-state index in [4.69, 9.17) is 5.11 Å². The van der Waals surface area contributed by atoms with Gasteiger partial charge in [0.05, 0.1) is 10.8 Å². The van der Waals surface area contributed by atoms with Crippen molar-refractivity contribution in [1.29, 1.82) is 0 Å². The van der Waals surface area contributed by atoms with Gasteiger partial charge in [0.25, 0.3) is 11.6 Å². The maximum atomic E-state index is 11.9. The molecule has 1 aliphatic carbocycles. The third kappa shape index (κ3) is 5.00. The molecule has 2 amide bonds. The van der Waals surface area contributed by atoms with E-state index in [0.29, 0.717) is 12.8 Å². The summed E-state index contributed by atoms with van der Waals surface area (Å²) in [6.07, 6.45) is 1.98. The molecule has 1 fully saturated rings. The van der Waals surface area contributed by atoms with Crippen LogP contribution in [0.2, 0.25) is 0 Å². The molecule has 1 aromatic rings. The monoisotopic (exact) mass is 349 g/mol. The lowest BCUT2D eigenvalue weighted by Gasteiger charge is -2.17. The number of carboxylic acids is 1. The molecule has 0 radical (unpaired) electrons. The molecule has 0 spiro atoms. The molecule has 2 rings (SSSR count). The summed E-state index contributed by atoms with van der Waals surface area (Å²) in [5.41, 5.74) is 0.146. The zero-order chi connectivity index (χ0) is 18.4. The van der Waals surface area contributed by atoms with Crippen LogP contribution in [0.3, 0.4) is 0 Å². The quantitative estimate of drug-likeness (QED) is 0.497. The van der Waals surface area contributed by atoms with E-state index in [9.17, 15) is 24.5 Å². The Balaban J connectivity index is 1.76. The van der Waals surface area contributed by atoms with Gasteiger partial charge in [0.1, 0.15) is 0 Å². The normalized spacial score (nSPS) is 19.2. The number of carbonyl (C=O) groups excluding carboxylic acids is 2. The Bertz CT molecular complexity index is 673. The molecule has 25 heavy (non-hydrogen) atoms.